The third-order valence-electron chi connectivity index (χ3n) is 2.91. The van der Waals surface area contributed by atoms with E-state index < -0.39 is 0 Å². The van der Waals surface area contributed by atoms with Gasteiger partial charge >= 0.3 is 6.03 Å². The summed E-state index contributed by atoms with van der Waals surface area (Å²) in [4.78, 5) is 11.5. The van der Waals surface area contributed by atoms with Gasteiger partial charge in [-0.05, 0) is 0 Å². The van der Waals surface area contributed by atoms with Gasteiger partial charge in [-0.1, -0.05) is 60.7 Å². The van der Waals surface area contributed by atoms with E-state index in [0.717, 1.165) is 22.5 Å². The van der Waals surface area contributed by atoms with E-state index in [1.54, 1.807) is 0 Å². The number of amides is 2. The maximum absolute atomic E-state index is 11.5. The Morgan fingerprint density at radius 2 is 1.16 bits per heavy atom. The van der Waals surface area contributed by atoms with Gasteiger partial charge in [0.15, 0.2) is 0 Å². The molecule has 0 saturated heterocycles. The van der Waals surface area contributed by atoms with E-state index in [1.807, 2.05) is 60.7 Å². The van der Waals surface area contributed by atoms with Crippen LogP contribution >= 0.6 is 0 Å². The molecule has 0 aliphatic carbocycles. The molecule has 0 saturated carbocycles. The predicted octanol–water partition coefficient (Wildman–Crippen LogP) is 2.33. The lowest BCUT2D eigenvalue weighted by atomic mass is 10.0. The van der Waals surface area contributed by atoms with E-state index in [4.69, 9.17) is 0 Å². The Labute approximate surface area is 111 Å². The molecule has 4 heteroatoms. The number of nitrogens with one attached hydrogen (secondary N) is 3. The van der Waals surface area contributed by atoms with Gasteiger partial charge in [0.1, 0.15) is 0 Å². The molecule has 3 rings (SSSR count). The minimum atomic E-state index is -0.265. The second kappa shape index (κ2) is 4.86. The van der Waals surface area contributed by atoms with E-state index in [0.29, 0.717) is 0 Å². The van der Waals surface area contributed by atoms with Gasteiger partial charge in [-0.2, -0.15) is 0 Å². The molecule has 19 heavy (non-hydrogen) atoms. The number of carbonyl (C=O) groups is 1. The van der Waals surface area contributed by atoms with Crippen molar-refractivity contribution in [2.75, 3.05) is 0 Å². The molecule has 3 N–H and O–H groups in total. The molecule has 2 aromatic rings. The van der Waals surface area contributed by atoms with Crippen LogP contribution in [-0.2, 0) is 0 Å². The number of benzene rings is 2. The first-order valence-corrected chi connectivity index (χ1v) is 6.03. The molecule has 2 aromatic carbocycles. The Morgan fingerprint density at radius 3 is 1.74 bits per heavy atom. The summed E-state index contributed by atoms with van der Waals surface area (Å²) in [5.41, 5.74) is 9.12. The van der Waals surface area contributed by atoms with Crippen LogP contribution in [0.4, 0.5) is 4.79 Å². The second-order valence-electron chi connectivity index (χ2n) is 4.19. The van der Waals surface area contributed by atoms with Crippen LogP contribution in [0.5, 0.6) is 0 Å². The molecule has 1 aliphatic rings. The minimum Gasteiger partial charge on any atom is -0.304 e. The fourth-order valence-corrected chi connectivity index (χ4v) is 2.03. The highest BCUT2D eigenvalue weighted by Gasteiger charge is 2.18. The van der Waals surface area contributed by atoms with Crippen molar-refractivity contribution in [1.82, 2.24) is 16.2 Å². The largest absolute Gasteiger partial charge is 0.337 e. The Morgan fingerprint density at radius 1 is 0.632 bits per heavy atom. The molecule has 0 atom stereocenters. The summed E-state index contributed by atoms with van der Waals surface area (Å²) in [6.45, 7) is 0. The highest BCUT2D eigenvalue weighted by atomic mass is 16.2. The lowest BCUT2D eigenvalue weighted by Crippen LogP contribution is -2.48. The normalized spacial score (nSPS) is 14.4. The Bertz CT molecular complexity index is 620. The maximum Gasteiger partial charge on any atom is 0.337 e. The molecule has 0 aromatic heterocycles. The zero-order valence-electron chi connectivity index (χ0n) is 10.2. The molecule has 94 valence electrons. The maximum atomic E-state index is 11.5. The molecule has 0 fully saturated rings. The summed E-state index contributed by atoms with van der Waals surface area (Å²) in [5, 5.41) is 2.85. The Kier molecular flexibility index (Phi) is 2.90. The van der Waals surface area contributed by atoms with Gasteiger partial charge < -0.3 is 5.32 Å². The van der Waals surface area contributed by atoms with Crippen LogP contribution in [0.3, 0.4) is 0 Å². The quantitative estimate of drug-likeness (QED) is 0.767. The van der Waals surface area contributed by atoms with E-state index in [9.17, 15) is 4.79 Å². The summed E-state index contributed by atoms with van der Waals surface area (Å²) in [5.74, 6) is 0. The third kappa shape index (κ3) is 2.28. The predicted molar refractivity (Wildman–Crippen MR) is 74.5 cm³/mol. The van der Waals surface area contributed by atoms with Crippen molar-refractivity contribution in [1.29, 1.82) is 0 Å². The summed E-state index contributed by atoms with van der Waals surface area (Å²) in [6, 6.07) is 19.4. The fraction of sp³-hybridized carbons (Fsp3) is 0. The van der Waals surface area contributed by atoms with Crippen LogP contribution in [0.1, 0.15) is 11.1 Å². The van der Waals surface area contributed by atoms with Crippen molar-refractivity contribution < 1.29 is 4.79 Å². The van der Waals surface area contributed by atoms with Crippen LogP contribution in [0, 0.1) is 0 Å². The van der Waals surface area contributed by atoms with Crippen LogP contribution < -0.4 is 16.2 Å². The third-order valence-corrected chi connectivity index (χ3v) is 2.91. The van der Waals surface area contributed by atoms with Crippen LogP contribution in [-0.4, -0.2) is 6.03 Å². The van der Waals surface area contributed by atoms with Gasteiger partial charge in [0.2, 0.25) is 0 Å². The summed E-state index contributed by atoms with van der Waals surface area (Å²) in [6.07, 6.45) is 0. The zero-order chi connectivity index (χ0) is 13.1. The summed E-state index contributed by atoms with van der Waals surface area (Å²) >= 11 is 0. The standard InChI is InChI=1S/C15H13N3O/c19-15-16-13(11-7-3-1-4-8-11)14(17-18-15)12-9-5-2-6-10-12/h1-10,17H,(H2,16,18,19). The smallest absolute Gasteiger partial charge is 0.304 e. The van der Waals surface area contributed by atoms with Crippen molar-refractivity contribution in [3.05, 3.63) is 71.8 Å². The zero-order valence-corrected chi connectivity index (χ0v) is 10.2. The van der Waals surface area contributed by atoms with Crippen molar-refractivity contribution in [3.63, 3.8) is 0 Å². The van der Waals surface area contributed by atoms with Crippen LogP contribution in [0.2, 0.25) is 0 Å². The molecule has 2 amide bonds. The molecule has 4 nitrogen and oxygen atoms in total. The number of urea groups is 1. The number of carbonyl (C=O) groups excluding carboxylic acids is 1. The average Bonchev–Trinajstić information content (AvgIpc) is 2.49. The first kappa shape index (κ1) is 11.3. The summed E-state index contributed by atoms with van der Waals surface area (Å²) in [7, 11) is 0. The van der Waals surface area contributed by atoms with Crippen LogP contribution in [0.25, 0.3) is 11.4 Å². The molecule has 0 bridgehead atoms. The number of hydrogen-bond donors (Lipinski definition) is 3. The molecule has 0 unspecified atom stereocenters. The van der Waals surface area contributed by atoms with Gasteiger partial charge in [0.05, 0.1) is 11.4 Å². The van der Waals surface area contributed by atoms with Gasteiger partial charge in [-0.3, -0.25) is 10.9 Å². The summed E-state index contributed by atoms with van der Waals surface area (Å²) < 4.78 is 0. The monoisotopic (exact) mass is 251 g/mol. The topological polar surface area (TPSA) is 53.2 Å². The highest BCUT2D eigenvalue weighted by molar-refractivity contribution is 5.99. The number of hydrazine groups is 1. The average molecular weight is 251 g/mol. The van der Waals surface area contributed by atoms with Gasteiger partial charge in [-0.15, -0.1) is 0 Å². The van der Waals surface area contributed by atoms with E-state index >= 15 is 0 Å². The first-order valence-electron chi connectivity index (χ1n) is 6.03. The lowest BCUT2D eigenvalue weighted by molar-refractivity contribution is 0.241. The number of rotatable bonds is 2. The lowest BCUT2D eigenvalue weighted by Gasteiger charge is -2.24. The van der Waals surface area contributed by atoms with Gasteiger partial charge in [0.25, 0.3) is 0 Å². The van der Waals surface area contributed by atoms with Gasteiger partial charge in [0, 0.05) is 11.1 Å². The molecule has 1 heterocycles. The molecule has 0 spiro atoms. The minimum absolute atomic E-state index is 0.265. The highest BCUT2D eigenvalue weighted by Crippen LogP contribution is 2.23. The van der Waals surface area contributed by atoms with Crippen molar-refractivity contribution in [2.45, 2.75) is 0 Å². The van der Waals surface area contributed by atoms with Crippen molar-refractivity contribution >= 4 is 17.4 Å². The molecular weight excluding hydrogens is 238 g/mol. The van der Waals surface area contributed by atoms with E-state index in [-0.39, 0.29) is 6.03 Å². The van der Waals surface area contributed by atoms with Crippen molar-refractivity contribution in [2.24, 2.45) is 0 Å². The molecule has 1 aliphatic heterocycles. The first-order chi connectivity index (χ1) is 9.34. The molecule has 0 radical (unpaired) electrons. The number of hydrogen-bond acceptors (Lipinski definition) is 2. The fourth-order valence-electron chi connectivity index (χ4n) is 2.03. The Hall–Kier alpha value is -2.75. The van der Waals surface area contributed by atoms with E-state index in [2.05, 4.69) is 16.2 Å². The second-order valence-corrected chi connectivity index (χ2v) is 4.19. The van der Waals surface area contributed by atoms with E-state index in [1.165, 1.54) is 0 Å². The molecular formula is C15H13N3O. The van der Waals surface area contributed by atoms with Gasteiger partial charge in [-0.25, -0.2) is 4.79 Å². The van der Waals surface area contributed by atoms with Crippen molar-refractivity contribution in [3.8, 4) is 0 Å². The Balaban J connectivity index is 2.13. The SMILES string of the molecule is O=C1NNC(c2ccccc2)=C(c2ccccc2)N1. The van der Waals surface area contributed by atoms with Crippen LogP contribution in [0.15, 0.2) is 60.7 Å².